The van der Waals surface area contributed by atoms with Gasteiger partial charge in [-0.3, -0.25) is 14.2 Å². The lowest BCUT2D eigenvalue weighted by Crippen LogP contribution is -2.42. The van der Waals surface area contributed by atoms with Gasteiger partial charge in [0.2, 0.25) is 0 Å². The van der Waals surface area contributed by atoms with Crippen molar-refractivity contribution in [3.05, 3.63) is 59.9 Å². The van der Waals surface area contributed by atoms with Crippen LogP contribution in [-0.4, -0.2) is 66.3 Å². The molecule has 2 aromatic carbocycles. The Kier molecular flexibility index (Phi) is 6.28. The van der Waals surface area contributed by atoms with Crippen LogP contribution in [0.2, 0.25) is 0 Å². The Morgan fingerprint density at radius 3 is 2.63 bits per heavy atom. The number of anilines is 2. The van der Waals surface area contributed by atoms with Crippen molar-refractivity contribution in [3.63, 3.8) is 0 Å². The van der Waals surface area contributed by atoms with Crippen LogP contribution in [-0.2, 0) is 20.5 Å². The van der Waals surface area contributed by atoms with E-state index in [1.54, 1.807) is 15.7 Å². The van der Waals surface area contributed by atoms with E-state index in [0.717, 1.165) is 65.8 Å². The minimum Gasteiger partial charge on any atom is -0.371 e. The molecule has 0 saturated carbocycles. The predicted octanol–water partition coefficient (Wildman–Crippen LogP) is 3.00. The number of carbonyl (C=O) groups excluding carboxylic acids is 1. The monoisotopic (exact) mass is 512 g/mol. The zero-order valence-corrected chi connectivity index (χ0v) is 21.9. The first-order valence-electron chi connectivity index (χ1n) is 13.1. The van der Waals surface area contributed by atoms with Gasteiger partial charge >= 0.3 is 0 Å². The summed E-state index contributed by atoms with van der Waals surface area (Å²) in [5.74, 6) is 0.542. The van der Waals surface area contributed by atoms with Crippen molar-refractivity contribution in [1.29, 1.82) is 0 Å². The van der Waals surface area contributed by atoms with Gasteiger partial charge in [-0.05, 0) is 49.2 Å². The number of aromatic nitrogens is 7. The van der Waals surface area contributed by atoms with Crippen LogP contribution in [0.3, 0.4) is 0 Å². The number of aromatic amines is 1. The van der Waals surface area contributed by atoms with Crippen molar-refractivity contribution in [1.82, 2.24) is 40.1 Å². The van der Waals surface area contributed by atoms with Crippen molar-refractivity contribution in [3.8, 4) is 0 Å². The highest BCUT2D eigenvalue weighted by molar-refractivity contribution is 6.14. The van der Waals surface area contributed by atoms with Crippen molar-refractivity contribution < 1.29 is 4.79 Å². The molecule has 0 atom stereocenters. The Hall–Kier alpha value is -4.25. The van der Waals surface area contributed by atoms with Crippen LogP contribution >= 0.6 is 0 Å². The molecule has 0 unspecified atom stereocenters. The fourth-order valence-electron chi connectivity index (χ4n) is 5.51. The quantitative estimate of drug-likeness (QED) is 0.306. The zero-order valence-electron chi connectivity index (χ0n) is 21.9. The first-order valence-corrected chi connectivity index (χ1v) is 13.1. The van der Waals surface area contributed by atoms with Gasteiger partial charge < -0.3 is 20.5 Å². The summed E-state index contributed by atoms with van der Waals surface area (Å²) in [5.41, 5.74) is 4.91. The molecule has 1 amide bonds. The number of nitrogens with one attached hydrogen (secondary N) is 3. The van der Waals surface area contributed by atoms with E-state index in [4.69, 9.17) is 0 Å². The lowest BCUT2D eigenvalue weighted by molar-refractivity contribution is 0.102. The van der Waals surface area contributed by atoms with Crippen molar-refractivity contribution in [2.75, 3.05) is 29.9 Å². The van der Waals surface area contributed by atoms with Crippen molar-refractivity contribution >= 4 is 39.1 Å². The maximum absolute atomic E-state index is 13.6. The molecule has 1 aliphatic heterocycles. The number of nitrogens with zero attached hydrogens (tertiary/aromatic N) is 7. The van der Waals surface area contributed by atoms with Crippen molar-refractivity contribution in [2.45, 2.75) is 32.2 Å². The number of fused-ring (bicyclic) bond motifs is 2. The van der Waals surface area contributed by atoms with Gasteiger partial charge in [-0.15, -0.1) is 10.2 Å². The molecule has 0 bridgehead atoms. The van der Waals surface area contributed by atoms with E-state index in [2.05, 4.69) is 53.9 Å². The summed E-state index contributed by atoms with van der Waals surface area (Å²) >= 11 is 0. The van der Waals surface area contributed by atoms with Gasteiger partial charge in [-0.1, -0.05) is 6.92 Å². The highest BCUT2D eigenvalue weighted by atomic mass is 16.1. The van der Waals surface area contributed by atoms with Crippen molar-refractivity contribution in [2.24, 2.45) is 14.1 Å². The third-order valence-corrected chi connectivity index (χ3v) is 7.23. The van der Waals surface area contributed by atoms with Crippen LogP contribution in [0.25, 0.3) is 21.8 Å². The second-order valence-electron chi connectivity index (χ2n) is 9.96. The fraction of sp³-hybridized carbons (Fsp3) is 0.370. The lowest BCUT2D eigenvalue weighted by atomic mass is 10.0. The number of benzene rings is 2. The van der Waals surface area contributed by atoms with Crippen LogP contribution < -0.4 is 15.5 Å². The minimum absolute atomic E-state index is 0.194. The number of carbonyl (C=O) groups is 1. The molecule has 11 heteroatoms. The number of H-pyrrole nitrogens is 1. The first kappa shape index (κ1) is 24.1. The first-order chi connectivity index (χ1) is 18.5. The number of aryl methyl sites for hydroxylation is 2. The number of hydrogen-bond acceptors (Lipinski definition) is 7. The summed E-state index contributed by atoms with van der Waals surface area (Å²) in [4.78, 5) is 19.0. The van der Waals surface area contributed by atoms with Gasteiger partial charge in [-0.25, -0.2) is 0 Å². The topological polar surface area (TPSA) is 122 Å². The third-order valence-electron chi connectivity index (χ3n) is 7.23. The Labute approximate surface area is 220 Å². The molecule has 1 aliphatic rings. The molecule has 1 fully saturated rings. The third kappa shape index (κ3) is 4.60. The molecular formula is C27H32N10O. The number of rotatable bonds is 7. The smallest absolute Gasteiger partial charge is 0.257 e. The molecule has 38 heavy (non-hydrogen) atoms. The Morgan fingerprint density at radius 1 is 1.08 bits per heavy atom. The maximum Gasteiger partial charge on any atom is 0.257 e. The summed E-state index contributed by atoms with van der Waals surface area (Å²) in [6.07, 6.45) is 8.24. The summed E-state index contributed by atoms with van der Waals surface area (Å²) in [6.45, 7) is 5.11. The van der Waals surface area contributed by atoms with E-state index in [1.165, 1.54) is 0 Å². The van der Waals surface area contributed by atoms with Crippen LogP contribution in [0.15, 0.2) is 43.0 Å². The van der Waals surface area contributed by atoms with Crippen LogP contribution in [0, 0.1) is 0 Å². The average Bonchev–Trinajstić information content (AvgIpc) is 3.63. The van der Waals surface area contributed by atoms with Crippen LogP contribution in [0.5, 0.6) is 0 Å². The molecule has 1 saturated heterocycles. The summed E-state index contributed by atoms with van der Waals surface area (Å²) in [6, 6.07) is 8.42. The second-order valence-corrected chi connectivity index (χ2v) is 9.96. The maximum atomic E-state index is 13.6. The highest BCUT2D eigenvalue weighted by Crippen LogP contribution is 2.32. The van der Waals surface area contributed by atoms with E-state index in [1.807, 2.05) is 44.7 Å². The summed E-state index contributed by atoms with van der Waals surface area (Å²) in [7, 11) is 3.79. The molecule has 0 radical (unpaired) electrons. The predicted molar refractivity (Wildman–Crippen MR) is 147 cm³/mol. The fourth-order valence-corrected chi connectivity index (χ4v) is 5.51. The largest absolute Gasteiger partial charge is 0.371 e. The summed E-state index contributed by atoms with van der Waals surface area (Å²) < 4.78 is 3.56. The highest BCUT2D eigenvalue weighted by Gasteiger charge is 2.23. The normalized spacial score (nSPS) is 14.6. The molecule has 0 aliphatic carbocycles. The number of piperidine rings is 1. The minimum atomic E-state index is -0.194. The molecule has 196 valence electrons. The molecular weight excluding hydrogens is 480 g/mol. The van der Waals surface area contributed by atoms with Gasteiger partial charge in [-0.2, -0.15) is 10.2 Å². The zero-order chi connectivity index (χ0) is 26.2. The van der Waals surface area contributed by atoms with Crippen LogP contribution in [0.4, 0.5) is 11.4 Å². The van der Waals surface area contributed by atoms with Gasteiger partial charge in [0.1, 0.15) is 17.7 Å². The molecule has 4 heterocycles. The Balaban J connectivity index is 1.29. The standard InChI is InChI=1S/C27H32N10O/c1-4-28-19-7-9-37(10-8-19)23-6-5-21(26-22(23)15-36(3)34-26)27(38)31-20-11-17(13-24-29-16-30-32-24)25-18(12-20)14-35(2)33-25/h5-6,11-12,14-16,19,28H,4,7-10,13H2,1-3H3,(H,31,38)(H,29,30,32). The Morgan fingerprint density at radius 2 is 1.87 bits per heavy atom. The van der Waals surface area contributed by atoms with E-state index in [0.29, 0.717) is 29.2 Å². The van der Waals surface area contributed by atoms with E-state index in [-0.39, 0.29) is 5.91 Å². The van der Waals surface area contributed by atoms with Gasteiger partial charge in [0.05, 0.1) is 11.1 Å². The molecule has 3 N–H and O–H groups in total. The molecule has 6 rings (SSSR count). The van der Waals surface area contributed by atoms with E-state index < -0.39 is 0 Å². The molecule has 0 spiro atoms. The Bertz CT molecular complexity index is 1590. The van der Waals surface area contributed by atoms with E-state index in [9.17, 15) is 4.79 Å². The number of hydrogen-bond donors (Lipinski definition) is 3. The number of amides is 1. The molecule has 3 aromatic heterocycles. The molecule has 11 nitrogen and oxygen atoms in total. The van der Waals surface area contributed by atoms with Gasteiger partial charge in [0, 0.05) is 74.2 Å². The summed E-state index contributed by atoms with van der Waals surface area (Å²) in [5, 5.41) is 25.9. The lowest BCUT2D eigenvalue weighted by Gasteiger charge is -2.34. The second kappa shape index (κ2) is 9.90. The van der Waals surface area contributed by atoms with Gasteiger partial charge in [0.25, 0.3) is 5.91 Å². The van der Waals surface area contributed by atoms with E-state index >= 15 is 0 Å². The van der Waals surface area contributed by atoms with Gasteiger partial charge in [0.15, 0.2) is 0 Å². The van der Waals surface area contributed by atoms with Crippen LogP contribution in [0.1, 0.15) is 41.5 Å². The SMILES string of the molecule is CCNC1CCN(c2ccc(C(=O)Nc3cc(Cc4nnc[nH]4)c4nn(C)cc4c3)c3nn(C)cc23)CC1. The molecule has 5 aromatic rings. The average molecular weight is 513 g/mol.